The summed E-state index contributed by atoms with van der Waals surface area (Å²) < 4.78 is 1.34. The lowest BCUT2D eigenvalue weighted by Gasteiger charge is -2.12. The number of hydrogen-bond acceptors (Lipinski definition) is 6. The number of nitro groups is 1. The van der Waals surface area contributed by atoms with Crippen LogP contribution in [-0.4, -0.2) is 50.2 Å². The van der Waals surface area contributed by atoms with Crippen LogP contribution < -0.4 is 4.90 Å². The molecule has 16 heavy (non-hydrogen) atoms. The minimum absolute atomic E-state index is 0.121. The Morgan fingerprint density at radius 2 is 2.06 bits per heavy atom. The molecule has 1 aliphatic rings. The Morgan fingerprint density at radius 1 is 1.50 bits per heavy atom. The Bertz CT molecular complexity index is 408. The van der Waals surface area contributed by atoms with Gasteiger partial charge in [0.05, 0.1) is 17.1 Å². The number of anilines is 1. The molecule has 1 aromatic heterocycles. The highest BCUT2D eigenvalue weighted by molar-refractivity contribution is 5.57. The Labute approximate surface area is 90.9 Å². The molecule has 0 bridgehead atoms. The van der Waals surface area contributed by atoms with Crippen molar-refractivity contribution in [1.82, 2.24) is 9.78 Å². The van der Waals surface area contributed by atoms with Gasteiger partial charge in [-0.3, -0.25) is 14.8 Å². The van der Waals surface area contributed by atoms with E-state index < -0.39 is 17.1 Å². The first kappa shape index (κ1) is 10.8. The summed E-state index contributed by atoms with van der Waals surface area (Å²) >= 11 is 0. The van der Waals surface area contributed by atoms with Crippen molar-refractivity contribution in [3.63, 3.8) is 0 Å². The van der Waals surface area contributed by atoms with Gasteiger partial charge in [-0.15, -0.1) is 5.10 Å². The average molecular weight is 228 g/mol. The summed E-state index contributed by atoms with van der Waals surface area (Å²) in [7, 11) is 1.58. The number of aryl methyl sites for hydroxylation is 1. The van der Waals surface area contributed by atoms with E-state index in [9.17, 15) is 20.3 Å². The zero-order chi connectivity index (χ0) is 11.9. The number of aliphatic hydroxyl groups excluding tert-OH is 2. The standard InChI is InChI=1S/C8H12N4O4/c1-10-2-5(12(15)16)8(9-10)11-3-6(13)7(14)4-11/h2,6-7,13-14H,3-4H2,1H3. The third-order valence-corrected chi connectivity index (χ3v) is 2.55. The van der Waals surface area contributed by atoms with Crippen LogP contribution in [0, 0.1) is 10.1 Å². The predicted octanol–water partition coefficient (Wildman–Crippen LogP) is -1.13. The molecule has 88 valence electrons. The van der Waals surface area contributed by atoms with Gasteiger partial charge in [0.25, 0.3) is 0 Å². The second-order valence-electron chi connectivity index (χ2n) is 3.81. The van der Waals surface area contributed by atoms with Crippen LogP contribution in [0.25, 0.3) is 0 Å². The Hall–Kier alpha value is -1.67. The summed E-state index contributed by atoms with van der Waals surface area (Å²) in [6.45, 7) is 0.304. The fourth-order valence-corrected chi connectivity index (χ4v) is 1.76. The van der Waals surface area contributed by atoms with Gasteiger partial charge in [-0.25, -0.2) is 0 Å². The zero-order valence-electron chi connectivity index (χ0n) is 8.65. The zero-order valence-corrected chi connectivity index (χ0v) is 8.65. The maximum absolute atomic E-state index is 10.8. The molecule has 1 aliphatic heterocycles. The number of aliphatic hydroxyl groups is 2. The van der Waals surface area contributed by atoms with Crippen molar-refractivity contribution in [2.24, 2.45) is 7.05 Å². The molecule has 2 rings (SSSR count). The normalized spacial score (nSPS) is 25.1. The highest BCUT2D eigenvalue weighted by atomic mass is 16.6. The Kier molecular flexibility index (Phi) is 2.52. The highest BCUT2D eigenvalue weighted by Crippen LogP contribution is 2.28. The minimum Gasteiger partial charge on any atom is -0.389 e. The van der Waals surface area contributed by atoms with Gasteiger partial charge < -0.3 is 15.1 Å². The van der Waals surface area contributed by atoms with Crippen molar-refractivity contribution in [2.75, 3.05) is 18.0 Å². The first-order valence-corrected chi connectivity index (χ1v) is 4.78. The molecule has 1 fully saturated rings. The van der Waals surface area contributed by atoms with Crippen LogP contribution >= 0.6 is 0 Å². The minimum atomic E-state index is -0.887. The van der Waals surface area contributed by atoms with E-state index in [0.29, 0.717) is 0 Å². The van der Waals surface area contributed by atoms with E-state index in [-0.39, 0.29) is 24.6 Å². The monoisotopic (exact) mass is 228 g/mol. The third kappa shape index (κ3) is 1.72. The molecule has 2 unspecified atom stereocenters. The molecule has 0 aliphatic carbocycles. The summed E-state index contributed by atoms with van der Waals surface area (Å²) in [5.74, 6) is 0.183. The Balaban J connectivity index is 2.30. The van der Waals surface area contributed by atoms with E-state index in [1.807, 2.05) is 0 Å². The Morgan fingerprint density at radius 3 is 2.56 bits per heavy atom. The van der Waals surface area contributed by atoms with E-state index in [0.717, 1.165) is 0 Å². The molecular formula is C8H12N4O4. The van der Waals surface area contributed by atoms with Gasteiger partial charge in [0.2, 0.25) is 5.82 Å². The first-order chi connectivity index (χ1) is 7.49. The van der Waals surface area contributed by atoms with Crippen molar-refractivity contribution in [1.29, 1.82) is 0 Å². The molecule has 1 aromatic rings. The molecule has 0 saturated carbocycles. The van der Waals surface area contributed by atoms with Crippen LogP contribution in [0.1, 0.15) is 0 Å². The SMILES string of the molecule is Cn1cc([N+](=O)[O-])c(N2CC(O)C(O)C2)n1. The smallest absolute Gasteiger partial charge is 0.330 e. The molecule has 0 radical (unpaired) electrons. The molecule has 2 N–H and O–H groups in total. The fourth-order valence-electron chi connectivity index (χ4n) is 1.76. The lowest BCUT2D eigenvalue weighted by Crippen LogP contribution is -2.22. The van der Waals surface area contributed by atoms with E-state index in [1.54, 1.807) is 7.05 Å². The number of aromatic nitrogens is 2. The van der Waals surface area contributed by atoms with Crippen molar-refractivity contribution in [2.45, 2.75) is 12.2 Å². The summed E-state index contributed by atoms with van der Waals surface area (Å²) in [5.41, 5.74) is -0.121. The van der Waals surface area contributed by atoms with Gasteiger partial charge in [-0.2, -0.15) is 0 Å². The molecular weight excluding hydrogens is 216 g/mol. The van der Waals surface area contributed by atoms with Crippen LogP contribution in [0.4, 0.5) is 11.5 Å². The summed E-state index contributed by atoms with van der Waals surface area (Å²) in [6.07, 6.45) is -0.477. The van der Waals surface area contributed by atoms with Crippen LogP contribution in [0.3, 0.4) is 0 Å². The van der Waals surface area contributed by atoms with E-state index >= 15 is 0 Å². The third-order valence-electron chi connectivity index (χ3n) is 2.55. The number of hydrogen-bond donors (Lipinski definition) is 2. The van der Waals surface area contributed by atoms with Crippen LogP contribution in [-0.2, 0) is 7.05 Å². The first-order valence-electron chi connectivity index (χ1n) is 4.78. The number of nitrogens with zero attached hydrogens (tertiary/aromatic N) is 4. The van der Waals surface area contributed by atoms with Gasteiger partial charge in [-0.1, -0.05) is 0 Å². The maximum Gasteiger partial charge on any atom is 0.330 e. The molecule has 0 aromatic carbocycles. The molecule has 0 spiro atoms. The second kappa shape index (κ2) is 3.72. The van der Waals surface area contributed by atoms with Crippen LogP contribution in [0.2, 0.25) is 0 Å². The maximum atomic E-state index is 10.8. The predicted molar refractivity (Wildman–Crippen MR) is 54.1 cm³/mol. The topological polar surface area (TPSA) is 105 Å². The van der Waals surface area contributed by atoms with Gasteiger partial charge >= 0.3 is 5.69 Å². The van der Waals surface area contributed by atoms with Crippen LogP contribution in [0.5, 0.6) is 0 Å². The second-order valence-corrected chi connectivity index (χ2v) is 3.81. The number of rotatable bonds is 2. The van der Waals surface area contributed by atoms with Gasteiger partial charge in [-0.05, 0) is 0 Å². The summed E-state index contributed by atoms with van der Waals surface area (Å²) in [4.78, 5) is 11.7. The van der Waals surface area contributed by atoms with Crippen molar-refractivity contribution < 1.29 is 15.1 Å². The number of β-amino-alcohol motifs (C(OH)–C–C–N with tert-alkyl or cyclic N) is 2. The van der Waals surface area contributed by atoms with Gasteiger partial charge in [0.15, 0.2) is 0 Å². The van der Waals surface area contributed by atoms with Crippen molar-refractivity contribution in [3.8, 4) is 0 Å². The summed E-state index contributed by atoms with van der Waals surface area (Å²) in [6, 6.07) is 0. The van der Waals surface area contributed by atoms with Crippen molar-refractivity contribution in [3.05, 3.63) is 16.3 Å². The van der Waals surface area contributed by atoms with Crippen LogP contribution in [0.15, 0.2) is 6.20 Å². The fraction of sp³-hybridized carbons (Fsp3) is 0.625. The molecule has 1 saturated heterocycles. The lowest BCUT2D eigenvalue weighted by atomic mass is 10.3. The quantitative estimate of drug-likeness (QED) is 0.490. The van der Waals surface area contributed by atoms with E-state index in [2.05, 4.69) is 5.10 Å². The largest absolute Gasteiger partial charge is 0.389 e. The average Bonchev–Trinajstić information content (AvgIpc) is 2.71. The van der Waals surface area contributed by atoms with Gasteiger partial charge in [0.1, 0.15) is 6.20 Å². The molecule has 2 atom stereocenters. The van der Waals surface area contributed by atoms with E-state index in [1.165, 1.54) is 15.8 Å². The molecule has 8 heteroatoms. The summed E-state index contributed by atoms with van der Waals surface area (Å²) in [5, 5.41) is 33.5. The van der Waals surface area contributed by atoms with Gasteiger partial charge in [0, 0.05) is 20.1 Å². The van der Waals surface area contributed by atoms with E-state index in [4.69, 9.17) is 0 Å². The molecule has 8 nitrogen and oxygen atoms in total. The highest BCUT2D eigenvalue weighted by Gasteiger charge is 2.34. The lowest BCUT2D eigenvalue weighted by molar-refractivity contribution is -0.384. The van der Waals surface area contributed by atoms with Crippen molar-refractivity contribution >= 4 is 11.5 Å². The molecule has 0 amide bonds. The molecule has 2 heterocycles.